The fourth-order valence-electron chi connectivity index (χ4n) is 6.43. The standard InChI is InChI=1S/C27H28N2.C6H11NO.C2H5N/c1-19-17-27(24-8-4-2-6-21(19)24)12-14-29(15-13-27)18-20-10-11-26-23(16-20)22-7-3-5-9-25(22)28-26;1-4-5(2)7-6(3)8;1-2-3/h2-11,16,19,28H,12-15,17-18H2,1H3;4H,1-3H3,(H,7,8);2H,1,3H2/b;5-4+;. The molecule has 4 N–H and O–H groups in total. The van der Waals surface area contributed by atoms with Crippen molar-refractivity contribution in [2.24, 2.45) is 5.73 Å². The molecule has 1 amide bonds. The molecular weight excluding hydrogens is 492 g/mol. The SMILES string of the molecule is C/C=C(\C)NC(C)=O.C=CN.CC1CC2(CCN(Cc3ccc4[nH]c5ccccc5c4c3)CC2)c2ccccc21. The number of allylic oxidation sites excluding steroid dienone is 2. The van der Waals surface area contributed by atoms with Crippen LogP contribution in [-0.2, 0) is 16.8 Å². The van der Waals surface area contributed by atoms with Gasteiger partial charge in [0.1, 0.15) is 0 Å². The van der Waals surface area contributed by atoms with Crippen LogP contribution >= 0.6 is 0 Å². The Labute approximate surface area is 239 Å². The highest BCUT2D eigenvalue weighted by Gasteiger charge is 2.43. The van der Waals surface area contributed by atoms with E-state index in [2.05, 4.69) is 101 Å². The maximum absolute atomic E-state index is 10.3. The van der Waals surface area contributed by atoms with Crippen molar-refractivity contribution in [3.05, 3.63) is 108 Å². The van der Waals surface area contributed by atoms with Crippen LogP contribution in [0.2, 0.25) is 0 Å². The third kappa shape index (κ3) is 6.48. The number of likely N-dealkylation sites (tertiary alicyclic amines) is 1. The van der Waals surface area contributed by atoms with Crippen molar-refractivity contribution in [1.82, 2.24) is 15.2 Å². The first-order chi connectivity index (χ1) is 19.3. The lowest BCUT2D eigenvalue weighted by molar-refractivity contribution is -0.118. The van der Waals surface area contributed by atoms with Gasteiger partial charge >= 0.3 is 0 Å². The van der Waals surface area contributed by atoms with Crippen LogP contribution in [0.4, 0.5) is 0 Å². The summed E-state index contributed by atoms with van der Waals surface area (Å²) in [7, 11) is 0. The van der Waals surface area contributed by atoms with Crippen LogP contribution in [0.5, 0.6) is 0 Å². The quantitative estimate of drug-likeness (QED) is 0.254. The van der Waals surface area contributed by atoms with E-state index in [0.29, 0.717) is 11.3 Å². The molecule has 4 aromatic rings. The van der Waals surface area contributed by atoms with E-state index in [1.807, 2.05) is 19.9 Å². The summed E-state index contributed by atoms with van der Waals surface area (Å²) in [5.74, 6) is 0.697. The summed E-state index contributed by atoms with van der Waals surface area (Å²) >= 11 is 0. The van der Waals surface area contributed by atoms with Crippen molar-refractivity contribution in [2.75, 3.05) is 13.1 Å². The average molecular weight is 537 g/mol. The molecule has 210 valence electrons. The van der Waals surface area contributed by atoms with E-state index < -0.39 is 0 Å². The van der Waals surface area contributed by atoms with Gasteiger partial charge in [-0.3, -0.25) is 9.69 Å². The number of rotatable bonds is 3. The lowest BCUT2D eigenvalue weighted by atomic mass is 9.73. The highest BCUT2D eigenvalue weighted by atomic mass is 16.1. The summed E-state index contributed by atoms with van der Waals surface area (Å²) in [5.41, 5.74) is 13.1. The molecule has 1 unspecified atom stereocenters. The lowest BCUT2D eigenvalue weighted by Crippen LogP contribution is -2.41. The first kappa shape index (κ1) is 29.2. The summed E-state index contributed by atoms with van der Waals surface area (Å²) in [4.78, 5) is 16.5. The van der Waals surface area contributed by atoms with Gasteiger partial charge in [0.2, 0.25) is 5.91 Å². The minimum Gasteiger partial charge on any atom is -0.405 e. The maximum atomic E-state index is 10.3. The molecule has 40 heavy (non-hydrogen) atoms. The van der Waals surface area contributed by atoms with E-state index in [0.717, 1.165) is 12.2 Å². The van der Waals surface area contributed by atoms with E-state index >= 15 is 0 Å². The number of fused-ring (bicyclic) bond motifs is 5. The molecule has 1 aliphatic heterocycles. The van der Waals surface area contributed by atoms with Crippen LogP contribution in [0.1, 0.15) is 69.6 Å². The molecule has 0 saturated carbocycles. The second kappa shape index (κ2) is 13.0. The lowest BCUT2D eigenvalue weighted by Gasteiger charge is -2.40. The van der Waals surface area contributed by atoms with E-state index in [1.54, 1.807) is 11.1 Å². The third-order valence-corrected chi connectivity index (χ3v) is 8.36. The summed E-state index contributed by atoms with van der Waals surface area (Å²) in [6.45, 7) is 14.2. The summed E-state index contributed by atoms with van der Waals surface area (Å²) < 4.78 is 0. The van der Waals surface area contributed by atoms with Crippen LogP contribution in [0.15, 0.2) is 91.3 Å². The molecule has 5 heteroatoms. The molecule has 1 spiro atoms. The fourth-order valence-corrected chi connectivity index (χ4v) is 6.43. The minimum absolute atomic E-state index is 0.0133. The number of amides is 1. The molecule has 0 bridgehead atoms. The number of nitrogens with one attached hydrogen (secondary N) is 2. The summed E-state index contributed by atoms with van der Waals surface area (Å²) in [6, 6.07) is 24.8. The van der Waals surface area contributed by atoms with Gasteiger partial charge in [0.25, 0.3) is 0 Å². The molecule has 2 heterocycles. The van der Waals surface area contributed by atoms with E-state index in [4.69, 9.17) is 0 Å². The number of nitrogens with two attached hydrogens (primary N) is 1. The molecule has 1 fully saturated rings. The van der Waals surface area contributed by atoms with E-state index in [9.17, 15) is 4.79 Å². The predicted octanol–water partition coefficient (Wildman–Crippen LogP) is 7.50. The second-order valence-electron chi connectivity index (χ2n) is 11.2. The Morgan fingerprint density at radius 1 is 1.05 bits per heavy atom. The maximum Gasteiger partial charge on any atom is 0.220 e. The third-order valence-electron chi connectivity index (χ3n) is 8.36. The van der Waals surface area contributed by atoms with Gasteiger partial charge in [-0.2, -0.15) is 0 Å². The Hall–Kier alpha value is -3.83. The highest BCUT2D eigenvalue weighted by Crippen LogP contribution is 2.51. The van der Waals surface area contributed by atoms with Gasteiger partial charge in [0.15, 0.2) is 0 Å². The number of aromatic nitrogens is 1. The number of nitrogens with zero attached hydrogens (tertiary/aromatic N) is 1. The number of para-hydroxylation sites is 1. The molecule has 3 aromatic carbocycles. The summed E-state index contributed by atoms with van der Waals surface area (Å²) in [6.07, 6.45) is 7.02. The number of piperidine rings is 1. The van der Waals surface area contributed by atoms with Crippen molar-refractivity contribution < 1.29 is 4.79 Å². The molecule has 1 atom stereocenters. The normalized spacial score (nSPS) is 17.9. The second-order valence-corrected chi connectivity index (χ2v) is 11.2. The number of H-pyrrole nitrogens is 1. The largest absolute Gasteiger partial charge is 0.405 e. The van der Waals surface area contributed by atoms with Crippen LogP contribution in [-0.4, -0.2) is 28.9 Å². The van der Waals surface area contributed by atoms with Crippen LogP contribution in [0, 0.1) is 0 Å². The van der Waals surface area contributed by atoms with Crippen LogP contribution in [0.25, 0.3) is 21.8 Å². The molecule has 5 nitrogen and oxygen atoms in total. The van der Waals surface area contributed by atoms with Crippen molar-refractivity contribution in [3.63, 3.8) is 0 Å². The minimum atomic E-state index is -0.0133. The Morgan fingerprint density at radius 3 is 2.38 bits per heavy atom. The first-order valence-corrected chi connectivity index (χ1v) is 14.3. The topological polar surface area (TPSA) is 74.2 Å². The number of carbonyl (C=O) groups excluding carboxylic acids is 1. The zero-order valence-electron chi connectivity index (χ0n) is 24.5. The van der Waals surface area contributed by atoms with Crippen LogP contribution in [0.3, 0.4) is 0 Å². The number of hydrogen-bond donors (Lipinski definition) is 3. The van der Waals surface area contributed by atoms with Gasteiger partial charge in [-0.25, -0.2) is 0 Å². The Bertz CT molecular complexity index is 1490. The molecule has 1 saturated heterocycles. The van der Waals surface area contributed by atoms with Gasteiger partial charge in [0.05, 0.1) is 0 Å². The van der Waals surface area contributed by atoms with Crippen molar-refractivity contribution in [2.45, 2.75) is 64.8 Å². The van der Waals surface area contributed by atoms with E-state index in [-0.39, 0.29) is 5.91 Å². The fraction of sp³-hybridized carbons (Fsp3) is 0.343. The van der Waals surface area contributed by atoms with Gasteiger partial charge in [-0.15, -0.1) is 0 Å². The number of carbonyl (C=O) groups is 1. The highest BCUT2D eigenvalue weighted by molar-refractivity contribution is 6.07. The number of benzene rings is 3. The van der Waals surface area contributed by atoms with Gasteiger partial charge in [-0.1, -0.05) is 68.1 Å². The molecular formula is C35H44N4O. The zero-order chi connectivity index (χ0) is 28.7. The van der Waals surface area contributed by atoms with Gasteiger partial charge in [-0.05, 0) is 98.6 Å². The monoisotopic (exact) mass is 536 g/mol. The van der Waals surface area contributed by atoms with Crippen molar-refractivity contribution >= 4 is 27.7 Å². The van der Waals surface area contributed by atoms with E-state index in [1.165, 1.54) is 72.8 Å². The molecule has 1 aliphatic carbocycles. The average Bonchev–Trinajstić information content (AvgIpc) is 3.45. The summed E-state index contributed by atoms with van der Waals surface area (Å²) in [5, 5.41) is 5.30. The Morgan fingerprint density at radius 2 is 1.70 bits per heavy atom. The smallest absolute Gasteiger partial charge is 0.220 e. The number of aromatic amines is 1. The van der Waals surface area contributed by atoms with Gasteiger partial charge in [0, 0.05) is 41.0 Å². The Kier molecular flexibility index (Phi) is 9.49. The zero-order valence-corrected chi connectivity index (χ0v) is 24.5. The number of hydrogen-bond acceptors (Lipinski definition) is 3. The predicted molar refractivity (Wildman–Crippen MR) is 169 cm³/mol. The molecule has 1 aromatic heterocycles. The molecule has 6 rings (SSSR count). The Balaban J connectivity index is 0.000000289. The molecule has 0 radical (unpaired) electrons. The van der Waals surface area contributed by atoms with Gasteiger partial charge < -0.3 is 16.0 Å². The van der Waals surface area contributed by atoms with Crippen LogP contribution < -0.4 is 11.1 Å². The molecule has 2 aliphatic rings. The first-order valence-electron chi connectivity index (χ1n) is 14.3. The van der Waals surface area contributed by atoms with Crippen molar-refractivity contribution in [1.29, 1.82) is 0 Å². The van der Waals surface area contributed by atoms with Crippen molar-refractivity contribution in [3.8, 4) is 0 Å².